The highest BCUT2D eigenvalue weighted by atomic mass is 32.2. The van der Waals surface area contributed by atoms with E-state index in [-0.39, 0.29) is 6.54 Å². The number of allylic oxidation sites excluding steroid dienone is 1. The zero-order valence-electron chi connectivity index (χ0n) is 12.1. The summed E-state index contributed by atoms with van der Waals surface area (Å²) in [4.78, 5) is 37.1. The molecule has 1 heterocycles. The van der Waals surface area contributed by atoms with Crippen molar-refractivity contribution in [3.05, 3.63) is 40.3 Å². The summed E-state index contributed by atoms with van der Waals surface area (Å²) in [6, 6.07) is 7.30. The van der Waals surface area contributed by atoms with Crippen LogP contribution in [0.5, 0.6) is 0 Å². The Morgan fingerprint density at radius 2 is 1.81 bits per heavy atom. The Bertz CT molecular complexity index is 631. The molecule has 1 fully saturated rings. The molecule has 1 N–H and O–H groups in total. The second-order valence-corrected chi connectivity index (χ2v) is 5.96. The van der Waals surface area contributed by atoms with Gasteiger partial charge in [0.05, 0.1) is 4.91 Å². The van der Waals surface area contributed by atoms with Gasteiger partial charge >= 0.3 is 0 Å². The molecule has 1 aliphatic heterocycles. The molecule has 0 saturated carbocycles. The van der Waals surface area contributed by atoms with Gasteiger partial charge in [0.1, 0.15) is 6.54 Å². The summed E-state index contributed by atoms with van der Waals surface area (Å²) in [6.07, 6.45) is 0. The molecule has 1 aliphatic rings. The number of rotatable bonds is 3. The van der Waals surface area contributed by atoms with Crippen molar-refractivity contribution >= 4 is 34.5 Å². The Morgan fingerprint density at radius 3 is 2.33 bits per heavy atom. The summed E-state index contributed by atoms with van der Waals surface area (Å²) in [6.45, 7) is 5.22. The third kappa shape index (κ3) is 3.52. The molecule has 1 aromatic rings. The van der Waals surface area contributed by atoms with E-state index in [1.54, 1.807) is 26.0 Å². The molecule has 0 aliphatic carbocycles. The topological polar surface area (TPSA) is 66.5 Å². The zero-order chi connectivity index (χ0) is 15.6. The summed E-state index contributed by atoms with van der Waals surface area (Å²) < 4.78 is 0. The van der Waals surface area contributed by atoms with Crippen molar-refractivity contribution in [1.29, 1.82) is 0 Å². The standard InChI is InChI=1S/C15H16N2O3S/c1-9(2)13-14(19)17(15(20)21-13)8-12(18)16-11-6-4-10(3)5-7-11/h4-7H,8H2,1-3H3,(H,16,18). The monoisotopic (exact) mass is 304 g/mol. The van der Waals surface area contributed by atoms with Gasteiger partial charge in [0, 0.05) is 5.69 Å². The van der Waals surface area contributed by atoms with Crippen molar-refractivity contribution < 1.29 is 14.4 Å². The van der Waals surface area contributed by atoms with E-state index in [1.165, 1.54) is 0 Å². The van der Waals surface area contributed by atoms with Crippen molar-refractivity contribution in [3.8, 4) is 0 Å². The number of aryl methyl sites for hydroxylation is 1. The molecular formula is C15H16N2O3S. The van der Waals surface area contributed by atoms with E-state index in [9.17, 15) is 14.4 Å². The van der Waals surface area contributed by atoms with Crippen LogP contribution in [-0.2, 0) is 9.59 Å². The third-order valence-corrected chi connectivity index (χ3v) is 4.12. The first-order chi connectivity index (χ1) is 9.88. The van der Waals surface area contributed by atoms with E-state index in [0.717, 1.165) is 27.8 Å². The van der Waals surface area contributed by atoms with Crippen molar-refractivity contribution in [1.82, 2.24) is 4.90 Å². The maximum Gasteiger partial charge on any atom is 0.294 e. The molecule has 1 aromatic carbocycles. The van der Waals surface area contributed by atoms with Crippen molar-refractivity contribution in [3.63, 3.8) is 0 Å². The van der Waals surface area contributed by atoms with Crippen LogP contribution in [-0.4, -0.2) is 28.5 Å². The quantitative estimate of drug-likeness (QED) is 0.872. The minimum atomic E-state index is -0.407. The second kappa shape index (κ2) is 6.13. The Labute approximate surface area is 127 Å². The summed E-state index contributed by atoms with van der Waals surface area (Å²) in [5.41, 5.74) is 2.50. The molecule has 0 bridgehead atoms. The lowest BCUT2D eigenvalue weighted by molar-refractivity contribution is -0.127. The number of amides is 3. The Balaban J connectivity index is 2.03. The van der Waals surface area contributed by atoms with Crippen LogP contribution in [0.4, 0.5) is 10.5 Å². The number of benzene rings is 1. The van der Waals surface area contributed by atoms with Gasteiger partial charge in [-0.2, -0.15) is 0 Å². The number of anilines is 1. The number of hydrogen-bond donors (Lipinski definition) is 1. The van der Waals surface area contributed by atoms with Crippen LogP contribution in [0.25, 0.3) is 0 Å². The van der Waals surface area contributed by atoms with Gasteiger partial charge in [0.15, 0.2) is 0 Å². The first-order valence-electron chi connectivity index (χ1n) is 6.46. The van der Waals surface area contributed by atoms with Gasteiger partial charge < -0.3 is 5.32 Å². The normalized spacial score (nSPS) is 14.6. The van der Waals surface area contributed by atoms with Crippen LogP contribution < -0.4 is 5.32 Å². The van der Waals surface area contributed by atoms with Crippen molar-refractivity contribution in [2.75, 3.05) is 11.9 Å². The summed E-state index contributed by atoms with van der Waals surface area (Å²) in [5.74, 6) is -0.791. The van der Waals surface area contributed by atoms with E-state index in [2.05, 4.69) is 5.32 Å². The predicted molar refractivity (Wildman–Crippen MR) is 82.9 cm³/mol. The fourth-order valence-electron chi connectivity index (χ4n) is 1.82. The van der Waals surface area contributed by atoms with E-state index >= 15 is 0 Å². The molecule has 0 spiro atoms. The van der Waals surface area contributed by atoms with Gasteiger partial charge in [0.25, 0.3) is 11.1 Å². The van der Waals surface area contributed by atoms with Crippen LogP contribution in [0.2, 0.25) is 0 Å². The predicted octanol–water partition coefficient (Wildman–Crippen LogP) is 2.92. The van der Waals surface area contributed by atoms with Crippen LogP contribution >= 0.6 is 11.8 Å². The van der Waals surface area contributed by atoms with Gasteiger partial charge in [-0.15, -0.1) is 0 Å². The second-order valence-electron chi connectivity index (χ2n) is 5.00. The summed E-state index contributed by atoms with van der Waals surface area (Å²) in [5, 5.41) is 2.26. The van der Waals surface area contributed by atoms with Crippen molar-refractivity contribution in [2.45, 2.75) is 20.8 Å². The average Bonchev–Trinajstić information content (AvgIpc) is 2.69. The molecule has 0 atom stereocenters. The number of thioether (sulfide) groups is 1. The molecule has 0 radical (unpaired) electrons. The molecule has 2 rings (SSSR count). The smallest absolute Gasteiger partial charge is 0.294 e. The van der Waals surface area contributed by atoms with Crippen LogP contribution in [0.1, 0.15) is 19.4 Å². The summed E-state index contributed by atoms with van der Waals surface area (Å²) >= 11 is 0.877. The molecule has 3 amide bonds. The molecule has 5 nitrogen and oxygen atoms in total. The molecule has 0 aromatic heterocycles. The maximum atomic E-state index is 12.0. The lowest BCUT2D eigenvalue weighted by atomic mass is 10.2. The van der Waals surface area contributed by atoms with Gasteiger partial charge in [-0.05, 0) is 44.7 Å². The Hall–Kier alpha value is -2.08. The lowest BCUT2D eigenvalue weighted by Crippen LogP contribution is -2.36. The fraction of sp³-hybridized carbons (Fsp3) is 0.267. The Kier molecular flexibility index (Phi) is 4.47. The first-order valence-corrected chi connectivity index (χ1v) is 7.28. The van der Waals surface area contributed by atoms with E-state index < -0.39 is 17.1 Å². The summed E-state index contributed by atoms with van der Waals surface area (Å²) in [7, 11) is 0. The average molecular weight is 304 g/mol. The molecular weight excluding hydrogens is 288 g/mol. The first kappa shape index (κ1) is 15.3. The van der Waals surface area contributed by atoms with Crippen LogP contribution in [0.3, 0.4) is 0 Å². The van der Waals surface area contributed by atoms with Crippen LogP contribution in [0.15, 0.2) is 34.7 Å². The molecule has 21 heavy (non-hydrogen) atoms. The lowest BCUT2D eigenvalue weighted by Gasteiger charge is -2.12. The van der Waals surface area contributed by atoms with E-state index in [4.69, 9.17) is 0 Å². The van der Waals surface area contributed by atoms with Crippen LogP contribution in [0, 0.1) is 6.92 Å². The zero-order valence-corrected chi connectivity index (χ0v) is 12.9. The molecule has 110 valence electrons. The van der Waals surface area contributed by atoms with Crippen molar-refractivity contribution in [2.24, 2.45) is 0 Å². The minimum Gasteiger partial charge on any atom is -0.325 e. The van der Waals surface area contributed by atoms with E-state index in [0.29, 0.717) is 10.6 Å². The highest BCUT2D eigenvalue weighted by Gasteiger charge is 2.36. The SMILES string of the molecule is CC(C)=C1SC(=O)N(CC(=O)Nc2ccc(C)cc2)C1=O. The number of nitrogens with zero attached hydrogens (tertiary/aromatic N) is 1. The van der Waals surface area contributed by atoms with Gasteiger partial charge in [-0.1, -0.05) is 23.3 Å². The van der Waals surface area contributed by atoms with Gasteiger partial charge in [-0.25, -0.2) is 0 Å². The minimum absolute atomic E-state index is 0.269. The molecule has 0 unspecified atom stereocenters. The highest BCUT2D eigenvalue weighted by Crippen LogP contribution is 2.32. The number of imide groups is 1. The number of hydrogen-bond acceptors (Lipinski definition) is 4. The Morgan fingerprint density at radius 1 is 1.19 bits per heavy atom. The van der Waals surface area contributed by atoms with E-state index in [1.807, 2.05) is 19.1 Å². The third-order valence-electron chi connectivity index (χ3n) is 2.94. The number of carbonyl (C=O) groups excluding carboxylic acids is 3. The highest BCUT2D eigenvalue weighted by molar-refractivity contribution is 8.18. The molecule has 1 saturated heterocycles. The maximum absolute atomic E-state index is 12.0. The van der Waals surface area contributed by atoms with Gasteiger partial charge in [-0.3, -0.25) is 19.3 Å². The molecule has 6 heteroatoms. The largest absolute Gasteiger partial charge is 0.325 e. The number of carbonyl (C=O) groups is 3. The van der Waals surface area contributed by atoms with Gasteiger partial charge in [0.2, 0.25) is 5.91 Å². The fourth-order valence-corrected chi connectivity index (χ4v) is 2.66. The number of nitrogens with one attached hydrogen (secondary N) is 1.